The van der Waals surface area contributed by atoms with Gasteiger partial charge in [0, 0.05) is 12.8 Å². The summed E-state index contributed by atoms with van der Waals surface area (Å²) in [5.41, 5.74) is 7.71. The Morgan fingerprint density at radius 3 is 2.83 bits per heavy atom. The average Bonchev–Trinajstić information content (AvgIpc) is 3.42. The number of pyridine rings is 1. The lowest BCUT2D eigenvalue weighted by Gasteiger charge is -2.22. The normalized spacial score (nSPS) is 18.6. The summed E-state index contributed by atoms with van der Waals surface area (Å²) < 4.78 is 38.9. The molecule has 0 unspecified atom stereocenters. The van der Waals surface area contributed by atoms with Gasteiger partial charge in [-0.3, -0.25) is 19.5 Å². The zero-order valence-corrected chi connectivity index (χ0v) is 21.2. The maximum Gasteiger partial charge on any atom is 0.277 e. The molecule has 0 aromatic carbocycles. The third-order valence-electron chi connectivity index (χ3n) is 6.06. The fourth-order valence-corrected chi connectivity index (χ4v) is 6.53. The molecule has 2 fully saturated rings. The van der Waals surface area contributed by atoms with Gasteiger partial charge in [-0.1, -0.05) is 0 Å². The Morgan fingerprint density at radius 2 is 2.14 bits per heavy atom. The molecule has 1 saturated carbocycles. The first-order chi connectivity index (χ1) is 17.4. The molecule has 0 bridgehead atoms. The molecule has 5 rings (SSSR count). The quantitative estimate of drug-likeness (QED) is 0.401. The number of nitrogens with one attached hydrogen (secondary N) is 1. The van der Waals surface area contributed by atoms with Crippen LogP contribution in [0.3, 0.4) is 0 Å². The second kappa shape index (κ2) is 10.1. The van der Waals surface area contributed by atoms with E-state index in [4.69, 9.17) is 15.2 Å². The molecule has 1 saturated heterocycles. The molecular formula is C23H26N6O5S2. The van der Waals surface area contributed by atoms with E-state index >= 15 is 0 Å². The van der Waals surface area contributed by atoms with Gasteiger partial charge in [-0.2, -0.15) is 0 Å². The predicted octanol–water partition coefficient (Wildman–Crippen LogP) is 2.57. The minimum absolute atomic E-state index is 0.00241. The molecule has 1 aliphatic carbocycles. The number of amides is 1. The highest BCUT2D eigenvalue weighted by molar-refractivity contribution is 7.93. The first-order valence-corrected chi connectivity index (χ1v) is 14.0. The van der Waals surface area contributed by atoms with E-state index < -0.39 is 21.8 Å². The standard InChI is InChI=1S/C23H26N6O5S2/c1-2-34-18-11-25-10-17(27-18)21-20(28-23(35-21)22(24)30)19(13-6-8-33-12-13)16-9-14(5-7-26-16)29-36(31,32)15-3-4-15/h5,7,9-11,13,15,19H,2-4,6,8,12H2,1H3,(H2,24,30)(H,26,29)/t13-,19-/m1/s1. The number of nitrogens with zero attached hydrogens (tertiary/aromatic N) is 4. The third-order valence-corrected chi connectivity index (χ3v) is 9.03. The van der Waals surface area contributed by atoms with Gasteiger partial charge in [-0.25, -0.2) is 18.4 Å². The SMILES string of the molecule is CCOc1cncc(-c2sc(C(N)=O)nc2[C@@H](c2cc(NS(=O)(=O)C3CC3)ccn2)[C@@H]2CCOC2)n1. The molecule has 11 nitrogen and oxygen atoms in total. The Labute approximate surface area is 212 Å². The number of primary amides is 1. The van der Waals surface area contributed by atoms with Gasteiger partial charge < -0.3 is 15.2 Å². The van der Waals surface area contributed by atoms with E-state index in [-0.39, 0.29) is 16.2 Å². The lowest BCUT2D eigenvalue weighted by Crippen LogP contribution is -2.20. The fraction of sp³-hybridized carbons (Fsp3) is 0.435. The molecule has 1 amide bonds. The molecule has 2 aliphatic rings. The van der Waals surface area contributed by atoms with E-state index in [9.17, 15) is 13.2 Å². The summed E-state index contributed by atoms with van der Waals surface area (Å²) in [6, 6.07) is 3.34. The van der Waals surface area contributed by atoms with Crippen molar-refractivity contribution in [3.8, 4) is 16.5 Å². The lowest BCUT2D eigenvalue weighted by molar-refractivity contribution is 0.0999. The van der Waals surface area contributed by atoms with Gasteiger partial charge in [-0.05, 0) is 44.2 Å². The van der Waals surface area contributed by atoms with E-state index in [1.165, 1.54) is 6.20 Å². The number of anilines is 1. The number of thiazole rings is 1. The topological polar surface area (TPSA) is 159 Å². The molecule has 0 spiro atoms. The summed E-state index contributed by atoms with van der Waals surface area (Å²) in [6.45, 7) is 3.33. The van der Waals surface area contributed by atoms with Crippen molar-refractivity contribution in [1.82, 2.24) is 19.9 Å². The molecule has 3 N–H and O–H groups in total. The second-order valence-corrected chi connectivity index (χ2v) is 11.7. The van der Waals surface area contributed by atoms with E-state index in [2.05, 4.69) is 24.7 Å². The minimum atomic E-state index is -3.44. The number of carbonyl (C=O) groups excluding carboxylic acids is 1. The van der Waals surface area contributed by atoms with Crippen LogP contribution in [0.4, 0.5) is 5.69 Å². The average molecular weight is 531 g/mol. The van der Waals surface area contributed by atoms with Gasteiger partial charge in [0.05, 0.1) is 58.7 Å². The van der Waals surface area contributed by atoms with Crippen molar-refractivity contribution in [2.45, 2.75) is 37.4 Å². The Bertz CT molecular complexity index is 1370. The smallest absolute Gasteiger partial charge is 0.277 e. The summed E-state index contributed by atoms with van der Waals surface area (Å²) in [7, 11) is -3.44. The fourth-order valence-electron chi connectivity index (χ4n) is 4.23. The van der Waals surface area contributed by atoms with Crippen LogP contribution < -0.4 is 15.2 Å². The Hall–Kier alpha value is -3.16. The number of nitrogens with two attached hydrogens (primary N) is 1. The third kappa shape index (κ3) is 5.18. The summed E-state index contributed by atoms with van der Waals surface area (Å²) in [5, 5.41) is -0.217. The van der Waals surface area contributed by atoms with E-state index in [0.29, 0.717) is 66.2 Å². The van der Waals surface area contributed by atoms with Gasteiger partial charge in [0.2, 0.25) is 15.9 Å². The van der Waals surface area contributed by atoms with Crippen LogP contribution >= 0.6 is 11.3 Å². The zero-order chi connectivity index (χ0) is 25.3. The van der Waals surface area contributed by atoms with Crippen molar-refractivity contribution in [1.29, 1.82) is 0 Å². The van der Waals surface area contributed by atoms with Crippen LogP contribution in [0.15, 0.2) is 30.7 Å². The molecule has 1 aliphatic heterocycles. The molecule has 3 aromatic rings. The van der Waals surface area contributed by atoms with Crippen LogP contribution in [-0.4, -0.2) is 59.3 Å². The van der Waals surface area contributed by atoms with Gasteiger partial charge in [0.1, 0.15) is 5.69 Å². The second-order valence-electron chi connectivity index (χ2n) is 8.69. The number of aromatic nitrogens is 4. The first-order valence-electron chi connectivity index (χ1n) is 11.7. The molecule has 4 heterocycles. The first kappa shape index (κ1) is 24.5. The minimum Gasteiger partial charge on any atom is -0.477 e. The maximum atomic E-state index is 12.5. The molecule has 2 atom stereocenters. The van der Waals surface area contributed by atoms with E-state index in [0.717, 1.165) is 17.8 Å². The monoisotopic (exact) mass is 530 g/mol. The molecule has 190 valence electrons. The van der Waals surface area contributed by atoms with Gasteiger partial charge >= 0.3 is 0 Å². The van der Waals surface area contributed by atoms with Crippen LogP contribution in [0, 0.1) is 5.92 Å². The number of ether oxygens (including phenoxy) is 2. The van der Waals surface area contributed by atoms with Crippen molar-refractivity contribution in [3.63, 3.8) is 0 Å². The van der Waals surface area contributed by atoms with Gasteiger partial charge in [0.15, 0.2) is 5.01 Å². The highest BCUT2D eigenvalue weighted by Gasteiger charge is 2.37. The molecule has 13 heteroatoms. The van der Waals surface area contributed by atoms with Crippen LogP contribution in [0.2, 0.25) is 0 Å². The summed E-state index contributed by atoms with van der Waals surface area (Å²) in [5.74, 6) is -0.695. The zero-order valence-electron chi connectivity index (χ0n) is 19.6. The lowest BCUT2D eigenvalue weighted by atomic mass is 9.84. The summed E-state index contributed by atoms with van der Waals surface area (Å²) >= 11 is 1.13. The van der Waals surface area contributed by atoms with Crippen molar-refractivity contribution in [2.24, 2.45) is 11.7 Å². The Kier molecular flexibility index (Phi) is 6.86. The molecule has 0 radical (unpaired) electrons. The highest BCUT2D eigenvalue weighted by Crippen LogP contribution is 2.43. The van der Waals surface area contributed by atoms with Crippen molar-refractivity contribution >= 4 is 33.0 Å². The molecule has 3 aromatic heterocycles. The number of carbonyl (C=O) groups is 1. The summed E-state index contributed by atoms with van der Waals surface area (Å²) in [4.78, 5) is 30.7. The molecular weight excluding hydrogens is 504 g/mol. The van der Waals surface area contributed by atoms with Crippen LogP contribution in [0.25, 0.3) is 10.6 Å². The van der Waals surface area contributed by atoms with Crippen molar-refractivity contribution < 1.29 is 22.7 Å². The molecule has 36 heavy (non-hydrogen) atoms. The van der Waals surface area contributed by atoms with Crippen molar-refractivity contribution in [3.05, 3.63) is 47.1 Å². The Morgan fingerprint density at radius 1 is 1.31 bits per heavy atom. The highest BCUT2D eigenvalue weighted by atomic mass is 32.2. The van der Waals surface area contributed by atoms with Crippen LogP contribution in [0.1, 0.15) is 53.3 Å². The maximum absolute atomic E-state index is 12.5. The summed E-state index contributed by atoms with van der Waals surface area (Å²) in [6.07, 6.45) is 6.74. The van der Waals surface area contributed by atoms with E-state index in [1.807, 2.05) is 6.92 Å². The predicted molar refractivity (Wildman–Crippen MR) is 133 cm³/mol. The Balaban J connectivity index is 1.60. The number of hydrogen-bond acceptors (Lipinski definition) is 10. The van der Waals surface area contributed by atoms with Gasteiger partial charge in [-0.15, -0.1) is 11.3 Å². The van der Waals surface area contributed by atoms with E-state index in [1.54, 1.807) is 24.5 Å². The van der Waals surface area contributed by atoms with Crippen LogP contribution in [-0.2, 0) is 14.8 Å². The van der Waals surface area contributed by atoms with Crippen LogP contribution in [0.5, 0.6) is 5.88 Å². The van der Waals surface area contributed by atoms with Gasteiger partial charge in [0.25, 0.3) is 5.91 Å². The van der Waals surface area contributed by atoms with Crippen molar-refractivity contribution in [2.75, 3.05) is 24.5 Å². The number of sulfonamides is 1. The number of hydrogen-bond donors (Lipinski definition) is 2. The number of rotatable bonds is 10. The largest absolute Gasteiger partial charge is 0.477 e.